The summed E-state index contributed by atoms with van der Waals surface area (Å²) in [6, 6.07) is 8.56. The number of nitrogens with zero attached hydrogens (tertiary/aromatic N) is 1. The number of aromatic carboxylic acids is 1. The summed E-state index contributed by atoms with van der Waals surface area (Å²) in [5.74, 6) is -1.17. The molecule has 21 heavy (non-hydrogen) atoms. The van der Waals surface area contributed by atoms with E-state index in [0.29, 0.717) is 10.7 Å². The summed E-state index contributed by atoms with van der Waals surface area (Å²) in [7, 11) is 0. The van der Waals surface area contributed by atoms with E-state index >= 15 is 0 Å². The van der Waals surface area contributed by atoms with E-state index in [9.17, 15) is 14.9 Å². The second-order valence-corrected chi connectivity index (χ2v) is 5.64. The second-order valence-electron chi connectivity index (χ2n) is 4.04. The van der Waals surface area contributed by atoms with Crippen LogP contribution in [0.3, 0.4) is 0 Å². The van der Waals surface area contributed by atoms with Crippen molar-refractivity contribution >= 4 is 57.2 Å². The van der Waals surface area contributed by atoms with Crippen LogP contribution in [-0.2, 0) is 0 Å². The average molecular weight is 419 g/mol. The molecule has 0 aromatic heterocycles. The van der Waals surface area contributed by atoms with E-state index < -0.39 is 10.9 Å². The molecular formula is C13H8ClIN2O4. The van der Waals surface area contributed by atoms with Gasteiger partial charge in [-0.05, 0) is 46.9 Å². The largest absolute Gasteiger partial charge is 0.478 e. The molecule has 2 aromatic rings. The summed E-state index contributed by atoms with van der Waals surface area (Å²) in [6.07, 6.45) is 0. The van der Waals surface area contributed by atoms with Crippen molar-refractivity contribution in [1.29, 1.82) is 0 Å². The first kappa shape index (κ1) is 15.5. The summed E-state index contributed by atoms with van der Waals surface area (Å²) in [5, 5.41) is 23.4. The lowest BCUT2D eigenvalue weighted by Crippen LogP contribution is -2.04. The van der Waals surface area contributed by atoms with Crippen LogP contribution in [0, 0.1) is 13.7 Å². The molecule has 0 aliphatic rings. The Morgan fingerprint density at radius 1 is 1.24 bits per heavy atom. The number of carbonyl (C=O) groups is 1. The molecule has 0 fully saturated rings. The summed E-state index contributed by atoms with van der Waals surface area (Å²) >= 11 is 7.89. The zero-order valence-electron chi connectivity index (χ0n) is 10.3. The van der Waals surface area contributed by atoms with Crippen LogP contribution in [0.2, 0.25) is 5.02 Å². The number of hydrogen-bond donors (Lipinski definition) is 2. The number of non-ortho nitro benzene ring substituents is 1. The first-order valence-electron chi connectivity index (χ1n) is 5.62. The molecule has 0 unspecified atom stereocenters. The minimum atomic E-state index is -1.17. The van der Waals surface area contributed by atoms with Gasteiger partial charge in [-0.25, -0.2) is 4.79 Å². The number of rotatable bonds is 4. The van der Waals surface area contributed by atoms with Crippen molar-refractivity contribution in [3.63, 3.8) is 0 Å². The van der Waals surface area contributed by atoms with Gasteiger partial charge in [-0.15, -0.1) is 0 Å². The third kappa shape index (κ3) is 3.61. The number of carboxylic acids is 1. The van der Waals surface area contributed by atoms with E-state index in [0.717, 1.165) is 9.64 Å². The average Bonchev–Trinajstić information content (AvgIpc) is 2.41. The van der Waals surface area contributed by atoms with Crippen LogP contribution >= 0.6 is 34.2 Å². The van der Waals surface area contributed by atoms with Crippen LogP contribution < -0.4 is 5.32 Å². The Kier molecular flexibility index (Phi) is 4.63. The molecule has 0 aliphatic heterocycles. The van der Waals surface area contributed by atoms with E-state index in [-0.39, 0.29) is 16.9 Å². The Balaban J connectivity index is 2.48. The fraction of sp³-hybridized carbons (Fsp3) is 0. The zero-order chi connectivity index (χ0) is 15.6. The van der Waals surface area contributed by atoms with Gasteiger partial charge in [0.2, 0.25) is 0 Å². The molecule has 2 rings (SSSR count). The van der Waals surface area contributed by atoms with Crippen LogP contribution in [0.25, 0.3) is 0 Å². The minimum absolute atomic E-state index is 0.0497. The highest BCUT2D eigenvalue weighted by atomic mass is 127. The van der Waals surface area contributed by atoms with Gasteiger partial charge in [0.15, 0.2) is 0 Å². The van der Waals surface area contributed by atoms with E-state index in [4.69, 9.17) is 16.7 Å². The maximum Gasteiger partial charge on any atom is 0.337 e. The summed E-state index contributed by atoms with van der Waals surface area (Å²) in [5.41, 5.74) is 0.526. The number of nitro benzene ring substituents is 1. The van der Waals surface area contributed by atoms with Gasteiger partial charge in [0.05, 0.1) is 21.9 Å². The summed E-state index contributed by atoms with van der Waals surface area (Å²) < 4.78 is 0.767. The van der Waals surface area contributed by atoms with E-state index in [2.05, 4.69) is 5.32 Å². The molecule has 0 bridgehead atoms. The lowest BCUT2D eigenvalue weighted by atomic mass is 10.1. The Labute approximate surface area is 138 Å². The van der Waals surface area contributed by atoms with Crippen LogP contribution in [-0.4, -0.2) is 16.0 Å². The molecule has 0 saturated carbocycles. The van der Waals surface area contributed by atoms with Crippen LogP contribution in [0.1, 0.15) is 10.4 Å². The molecule has 2 aromatic carbocycles. The molecule has 6 nitrogen and oxygen atoms in total. The molecule has 0 atom stereocenters. The molecule has 0 radical (unpaired) electrons. The zero-order valence-corrected chi connectivity index (χ0v) is 13.3. The topological polar surface area (TPSA) is 92.5 Å². The van der Waals surface area contributed by atoms with Gasteiger partial charge in [-0.1, -0.05) is 11.6 Å². The number of nitro groups is 1. The highest BCUT2D eigenvalue weighted by molar-refractivity contribution is 14.1. The molecule has 0 saturated heterocycles. The number of benzene rings is 2. The molecule has 8 heteroatoms. The lowest BCUT2D eigenvalue weighted by Gasteiger charge is -2.11. The van der Waals surface area contributed by atoms with Crippen molar-refractivity contribution in [2.24, 2.45) is 0 Å². The van der Waals surface area contributed by atoms with Gasteiger partial charge in [-0.2, -0.15) is 0 Å². The predicted molar refractivity (Wildman–Crippen MR) is 87.5 cm³/mol. The fourth-order valence-corrected chi connectivity index (χ4v) is 2.68. The van der Waals surface area contributed by atoms with Crippen LogP contribution in [0.4, 0.5) is 17.1 Å². The van der Waals surface area contributed by atoms with Crippen LogP contribution in [0.15, 0.2) is 36.4 Å². The van der Waals surface area contributed by atoms with Crippen molar-refractivity contribution in [3.05, 3.63) is 60.7 Å². The monoisotopic (exact) mass is 418 g/mol. The summed E-state index contributed by atoms with van der Waals surface area (Å²) in [6.45, 7) is 0. The summed E-state index contributed by atoms with van der Waals surface area (Å²) in [4.78, 5) is 21.4. The van der Waals surface area contributed by atoms with Crippen LogP contribution in [0.5, 0.6) is 0 Å². The Morgan fingerprint density at radius 2 is 1.95 bits per heavy atom. The maximum absolute atomic E-state index is 11.2. The Hall–Kier alpha value is -1.87. The number of anilines is 2. The highest BCUT2D eigenvalue weighted by Gasteiger charge is 2.16. The quantitative estimate of drug-likeness (QED) is 0.439. The van der Waals surface area contributed by atoms with Gasteiger partial charge in [0, 0.05) is 20.7 Å². The van der Waals surface area contributed by atoms with E-state index in [1.54, 1.807) is 18.2 Å². The van der Waals surface area contributed by atoms with Crippen molar-refractivity contribution < 1.29 is 14.8 Å². The van der Waals surface area contributed by atoms with Crippen molar-refractivity contribution in [2.45, 2.75) is 0 Å². The van der Waals surface area contributed by atoms with Gasteiger partial charge < -0.3 is 10.4 Å². The SMILES string of the molecule is O=C(O)c1ccc([N+](=O)[O-])cc1Nc1ccc(Cl)cc1I. The van der Waals surface area contributed by atoms with E-state index in [1.807, 2.05) is 22.6 Å². The first-order valence-corrected chi connectivity index (χ1v) is 7.08. The second kappa shape index (κ2) is 6.27. The van der Waals surface area contributed by atoms with Crippen molar-refractivity contribution in [2.75, 3.05) is 5.32 Å². The molecular weight excluding hydrogens is 411 g/mol. The number of nitrogens with one attached hydrogen (secondary N) is 1. The highest BCUT2D eigenvalue weighted by Crippen LogP contribution is 2.29. The lowest BCUT2D eigenvalue weighted by molar-refractivity contribution is -0.384. The normalized spacial score (nSPS) is 10.2. The van der Waals surface area contributed by atoms with Gasteiger partial charge >= 0.3 is 5.97 Å². The number of halogens is 2. The van der Waals surface area contributed by atoms with Crippen molar-refractivity contribution in [1.82, 2.24) is 0 Å². The number of hydrogen-bond acceptors (Lipinski definition) is 4. The smallest absolute Gasteiger partial charge is 0.337 e. The molecule has 0 spiro atoms. The third-order valence-corrected chi connectivity index (χ3v) is 3.77. The van der Waals surface area contributed by atoms with Gasteiger partial charge in [0.1, 0.15) is 0 Å². The van der Waals surface area contributed by atoms with Gasteiger partial charge in [-0.3, -0.25) is 10.1 Å². The molecule has 0 heterocycles. The Morgan fingerprint density at radius 3 is 2.52 bits per heavy atom. The minimum Gasteiger partial charge on any atom is -0.478 e. The first-order chi connectivity index (χ1) is 9.88. The van der Waals surface area contributed by atoms with Crippen molar-refractivity contribution in [3.8, 4) is 0 Å². The predicted octanol–water partition coefficient (Wildman–Crippen LogP) is 4.29. The fourth-order valence-electron chi connectivity index (χ4n) is 1.67. The molecule has 108 valence electrons. The van der Waals surface area contributed by atoms with E-state index in [1.165, 1.54) is 12.1 Å². The molecule has 0 aliphatic carbocycles. The Bertz CT molecular complexity index is 736. The number of carboxylic acid groups (broad SMARTS) is 1. The standard InChI is InChI=1S/C13H8ClIN2O4/c14-7-1-4-11(10(15)5-7)16-12-6-8(17(20)21)2-3-9(12)13(18)19/h1-6,16H,(H,18,19). The maximum atomic E-state index is 11.2. The van der Waals surface area contributed by atoms with Gasteiger partial charge in [0.25, 0.3) is 5.69 Å². The molecule has 0 amide bonds. The third-order valence-electron chi connectivity index (χ3n) is 2.64. The molecule has 2 N–H and O–H groups in total.